The van der Waals surface area contributed by atoms with Crippen LogP contribution < -0.4 is 5.32 Å². The number of benzene rings is 1. The Kier molecular flexibility index (Phi) is 5.70. The van der Waals surface area contributed by atoms with Crippen molar-refractivity contribution in [2.45, 2.75) is 26.2 Å². The second-order valence-electron chi connectivity index (χ2n) is 5.33. The zero-order valence-corrected chi connectivity index (χ0v) is 13.2. The molecule has 0 aliphatic heterocycles. The summed E-state index contributed by atoms with van der Waals surface area (Å²) >= 11 is 12.0. The lowest BCUT2D eigenvalue weighted by molar-refractivity contribution is -0.117. The second kappa shape index (κ2) is 7.30. The van der Waals surface area contributed by atoms with E-state index in [9.17, 15) is 4.79 Å². The number of carbonyl (C=O) groups excluding carboxylic acids is 1. The highest BCUT2D eigenvalue weighted by Gasteiger charge is 2.25. The molecule has 1 fully saturated rings. The van der Waals surface area contributed by atoms with Gasteiger partial charge in [-0.05, 0) is 43.9 Å². The van der Waals surface area contributed by atoms with Crippen LogP contribution in [-0.4, -0.2) is 30.4 Å². The molecule has 110 valence electrons. The zero-order chi connectivity index (χ0) is 14.5. The highest BCUT2D eigenvalue weighted by Crippen LogP contribution is 2.30. The maximum absolute atomic E-state index is 12.1. The number of nitrogens with zero attached hydrogens (tertiary/aromatic N) is 1. The summed E-state index contributed by atoms with van der Waals surface area (Å²) in [7, 11) is 0. The van der Waals surface area contributed by atoms with E-state index in [1.54, 1.807) is 18.2 Å². The van der Waals surface area contributed by atoms with Gasteiger partial charge in [0, 0.05) is 6.54 Å². The van der Waals surface area contributed by atoms with E-state index in [1.165, 1.54) is 12.8 Å². The number of hydrogen-bond donors (Lipinski definition) is 1. The number of hydrogen-bond acceptors (Lipinski definition) is 2. The first-order valence-corrected chi connectivity index (χ1v) is 7.82. The SMILES string of the molecule is CCCN(CC(=O)Nc1cccc(Cl)c1Cl)CC1CC1. The van der Waals surface area contributed by atoms with Crippen LogP contribution in [0.4, 0.5) is 5.69 Å². The molecule has 0 radical (unpaired) electrons. The van der Waals surface area contributed by atoms with Gasteiger partial charge in [-0.3, -0.25) is 9.69 Å². The number of carbonyl (C=O) groups is 1. The van der Waals surface area contributed by atoms with Gasteiger partial charge in [0.1, 0.15) is 0 Å². The van der Waals surface area contributed by atoms with E-state index in [4.69, 9.17) is 23.2 Å². The Morgan fingerprint density at radius 1 is 1.40 bits per heavy atom. The quantitative estimate of drug-likeness (QED) is 0.823. The standard InChI is InChI=1S/C15H20Cl2N2O/c1-2-8-19(9-11-6-7-11)10-14(20)18-13-5-3-4-12(16)15(13)17/h3-5,11H,2,6-10H2,1H3,(H,18,20). The summed E-state index contributed by atoms with van der Waals surface area (Å²) < 4.78 is 0. The first-order valence-electron chi connectivity index (χ1n) is 7.06. The summed E-state index contributed by atoms with van der Waals surface area (Å²) in [5, 5.41) is 3.68. The van der Waals surface area contributed by atoms with Gasteiger partial charge in [0.2, 0.25) is 5.91 Å². The number of nitrogens with one attached hydrogen (secondary N) is 1. The number of halogens is 2. The predicted molar refractivity (Wildman–Crippen MR) is 84.5 cm³/mol. The van der Waals surface area contributed by atoms with Crippen LogP contribution in [0.5, 0.6) is 0 Å². The van der Waals surface area contributed by atoms with E-state index in [0.717, 1.165) is 25.4 Å². The number of anilines is 1. The Bertz CT molecular complexity index is 475. The van der Waals surface area contributed by atoms with Crippen molar-refractivity contribution in [3.05, 3.63) is 28.2 Å². The van der Waals surface area contributed by atoms with E-state index in [-0.39, 0.29) is 5.91 Å². The summed E-state index contributed by atoms with van der Waals surface area (Å²) in [5.41, 5.74) is 0.576. The average Bonchev–Trinajstić information content (AvgIpc) is 3.19. The number of rotatable bonds is 7. The maximum Gasteiger partial charge on any atom is 0.238 e. The van der Waals surface area contributed by atoms with Gasteiger partial charge in [0.05, 0.1) is 22.3 Å². The Labute approximate surface area is 130 Å². The van der Waals surface area contributed by atoms with Crippen molar-refractivity contribution in [1.82, 2.24) is 4.90 Å². The molecule has 1 saturated carbocycles. The van der Waals surface area contributed by atoms with Gasteiger partial charge < -0.3 is 5.32 Å². The molecular formula is C15H20Cl2N2O. The predicted octanol–water partition coefficient (Wildman–Crippen LogP) is 4.05. The van der Waals surface area contributed by atoms with E-state index in [0.29, 0.717) is 22.3 Å². The van der Waals surface area contributed by atoms with Crippen LogP contribution in [0, 0.1) is 5.92 Å². The minimum absolute atomic E-state index is 0.0386. The van der Waals surface area contributed by atoms with Crippen molar-refractivity contribution in [3.8, 4) is 0 Å². The Balaban J connectivity index is 1.91. The van der Waals surface area contributed by atoms with Crippen LogP contribution in [0.2, 0.25) is 10.0 Å². The van der Waals surface area contributed by atoms with E-state index in [2.05, 4.69) is 17.1 Å². The topological polar surface area (TPSA) is 32.3 Å². The minimum atomic E-state index is -0.0386. The lowest BCUT2D eigenvalue weighted by Crippen LogP contribution is -2.35. The van der Waals surface area contributed by atoms with Gasteiger partial charge in [-0.2, -0.15) is 0 Å². The van der Waals surface area contributed by atoms with Gasteiger partial charge in [-0.15, -0.1) is 0 Å². The Hall–Kier alpha value is -0.770. The normalized spacial score (nSPS) is 14.6. The molecule has 1 N–H and O–H groups in total. The first kappa shape index (κ1) is 15.6. The summed E-state index contributed by atoms with van der Waals surface area (Å²) in [4.78, 5) is 14.3. The highest BCUT2D eigenvalue weighted by atomic mass is 35.5. The molecule has 0 saturated heterocycles. The fourth-order valence-electron chi connectivity index (χ4n) is 2.21. The lowest BCUT2D eigenvalue weighted by atomic mass is 10.3. The fourth-order valence-corrected chi connectivity index (χ4v) is 2.56. The molecule has 3 nitrogen and oxygen atoms in total. The Morgan fingerprint density at radius 3 is 2.80 bits per heavy atom. The zero-order valence-electron chi connectivity index (χ0n) is 11.7. The number of amides is 1. The molecular weight excluding hydrogens is 295 g/mol. The summed E-state index contributed by atoms with van der Waals surface area (Å²) in [6.07, 6.45) is 3.64. The lowest BCUT2D eigenvalue weighted by Gasteiger charge is -2.21. The second-order valence-corrected chi connectivity index (χ2v) is 6.11. The van der Waals surface area contributed by atoms with Crippen LogP contribution >= 0.6 is 23.2 Å². The molecule has 2 rings (SSSR count). The molecule has 0 spiro atoms. The highest BCUT2D eigenvalue weighted by molar-refractivity contribution is 6.43. The van der Waals surface area contributed by atoms with Crippen molar-refractivity contribution in [2.24, 2.45) is 5.92 Å². The molecule has 1 aromatic carbocycles. The Morgan fingerprint density at radius 2 is 2.15 bits per heavy atom. The fraction of sp³-hybridized carbons (Fsp3) is 0.533. The van der Waals surface area contributed by atoms with Gasteiger partial charge in [0.25, 0.3) is 0 Å². The van der Waals surface area contributed by atoms with Crippen LogP contribution in [-0.2, 0) is 4.79 Å². The van der Waals surface area contributed by atoms with Crippen molar-refractivity contribution >= 4 is 34.8 Å². The maximum atomic E-state index is 12.1. The monoisotopic (exact) mass is 314 g/mol. The van der Waals surface area contributed by atoms with Crippen LogP contribution in [0.25, 0.3) is 0 Å². The van der Waals surface area contributed by atoms with Crippen LogP contribution in [0.1, 0.15) is 26.2 Å². The van der Waals surface area contributed by atoms with E-state index < -0.39 is 0 Å². The van der Waals surface area contributed by atoms with E-state index in [1.807, 2.05) is 0 Å². The first-order chi connectivity index (χ1) is 9.60. The summed E-state index contributed by atoms with van der Waals surface area (Å²) in [6, 6.07) is 5.24. The third-order valence-electron chi connectivity index (χ3n) is 3.35. The molecule has 1 aliphatic carbocycles. The van der Waals surface area contributed by atoms with Gasteiger partial charge in [-0.25, -0.2) is 0 Å². The summed E-state index contributed by atoms with van der Waals surface area (Å²) in [6.45, 7) is 4.51. The molecule has 0 atom stereocenters. The van der Waals surface area contributed by atoms with Crippen molar-refractivity contribution < 1.29 is 4.79 Å². The molecule has 1 aromatic rings. The largest absolute Gasteiger partial charge is 0.324 e. The third-order valence-corrected chi connectivity index (χ3v) is 4.16. The molecule has 0 heterocycles. The van der Waals surface area contributed by atoms with Gasteiger partial charge >= 0.3 is 0 Å². The molecule has 1 amide bonds. The molecule has 0 aromatic heterocycles. The molecule has 5 heteroatoms. The van der Waals surface area contributed by atoms with Crippen molar-refractivity contribution in [3.63, 3.8) is 0 Å². The molecule has 1 aliphatic rings. The average molecular weight is 315 g/mol. The van der Waals surface area contributed by atoms with Crippen molar-refractivity contribution in [2.75, 3.05) is 25.0 Å². The molecule has 0 bridgehead atoms. The summed E-state index contributed by atoms with van der Waals surface area (Å²) in [5.74, 6) is 0.743. The minimum Gasteiger partial charge on any atom is -0.324 e. The van der Waals surface area contributed by atoms with Crippen molar-refractivity contribution in [1.29, 1.82) is 0 Å². The van der Waals surface area contributed by atoms with E-state index >= 15 is 0 Å². The molecule has 0 unspecified atom stereocenters. The molecule has 20 heavy (non-hydrogen) atoms. The van der Waals surface area contributed by atoms with Gasteiger partial charge in [0.15, 0.2) is 0 Å². The third kappa shape index (κ3) is 4.65. The van der Waals surface area contributed by atoms with Crippen LogP contribution in [0.3, 0.4) is 0 Å². The van der Waals surface area contributed by atoms with Crippen LogP contribution in [0.15, 0.2) is 18.2 Å². The smallest absolute Gasteiger partial charge is 0.238 e. The van der Waals surface area contributed by atoms with Gasteiger partial charge in [-0.1, -0.05) is 36.2 Å².